The van der Waals surface area contributed by atoms with Crippen molar-refractivity contribution in [2.24, 2.45) is 0 Å². The van der Waals surface area contributed by atoms with Gasteiger partial charge in [0, 0.05) is 30.3 Å². The van der Waals surface area contributed by atoms with Gasteiger partial charge in [0.15, 0.2) is 10.9 Å². The molecule has 0 bridgehead atoms. The monoisotopic (exact) mass is 464 g/mol. The van der Waals surface area contributed by atoms with E-state index >= 15 is 0 Å². The highest BCUT2D eigenvalue weighted by Crippen LogP contribution is 2.24. The van der Waals surface area contributed by atoms with Crippen LogP contribution in [0, 0.1) is 0 Å². The molecule has 10 heteroatoms. The van der Waals surface area contributed by atoms with E-state index in [9.17, 15) is 9.59 Å². The number of thiazole rings is 1. The minimum atomic E-state index is -0.392. The molecule has 3 heterocycles. The van der Waals surface area contributed by atoms with E-state index in [4.69, 9.17) is 13.9 Å². The molecule has 0 saturated carbocycles. The van der Waals surface area contributed by atoms with Crippen LogP contribution in [0.3, 0.4) is 0 Å². The summed E-state index contributed by atoms with van der Waals surface area (Å²) < 4.78 is 15.9. The summed E-state index contributed by atoms with van der Waals surface area (Å²) >= 11 is 1.24. The fourth-order valence-electron chi connectivity index (χ4n) is 2.80. The summed E-state index contributed by atoms with van der Waals surface area (Å²) in [6.45, 7) is 0.317. The Labute approximate surface area is 193 Å². The topological polar surface area (TPSA) is 116 Å². The number of hydrogen-bond donors (Lipinski definition) is 2. The number of rotatable bonds is 9. The van der Waals surface area contributed by atoms with Crippen LogP contribution in [0.2, 0.25) is 0 Å². The van der Waals surface area contributed by atoms with Crippen molar-refractivity contribution in [3.63, 3.8) is 0 Å². The quantitative estimate of drug-likeness (QED) is 0.384. The number of nitrogens with one attached hydrogen (secondary N) is 2. The molecule has 33 heavy (non-hydrogen) atoms. The van der Waals surface area contributed by atoms with E-state index in [1.165, 1.54) is 17.6 Å². The lowest BCUT2D eigenvalue weighted by molar-refractivity contribution is -0.120. The van der Waals surface area contributed by atoms with E-state index in [-0.39, 0.29) is 18.1 Å². The lowest BCUT2D eigenvalue weighted by atomic mass is 10.2. The lowest BCUT2D eigenvalue weighted by Gasteiger charge is -2.08. The van der Waals surface area contributed by atoms with Gasteiger partial charge in [0.1, 0.15) is 11.5 Å². The Balaban J connectivity index is 1.24. The van der Waals surface area contributed by atoms with Crippen LogP contribution in [0.25, 0.3) is 0 Å². The molecule has 0 saturated heterocycles. The molecule has 0 fully saturated rings. The van der Waals surface area contributed by atoms with Gasteiger partial charge in [0.2, 0.25) is 11.8 Å². The first-order valence-electron chi connectivity index (χ1n) is 9.92. The van der Waals surface area contributed by atoms with Crippen molar-refractivity contribution in [1.82, 2.24) is 15.3 Å². The van der Waals surface area contributed by atoms with E-state index < -0.39 is 5.91 Å². The number of aromatic nitrogens is 2. The van der Waals surface area contributed by atoms with Crippen LogP contribution in [0.15, 0.2) is 70.8 Å². The SMILES string of the molecule is COc1cccc(Oc2ccc(CNC(=O)Cc3csc(NC(=O)c4ccco4)n3)cn2)c1. The number of furan rings is 1. The fourth-order valence-corrected chi connectivity index (χ4v) is 3.51. The number of carbonyl (C=O) groups is 2. The lowest BCUT2D eigenvalue weighted by Crippen LogP contribution is -2.24. The number of hydrogen-bond acceptors (Lipinski definition) is 8. The van der Waals surface area contributed by atoms with Crippen LogP contribution < -0.4 is 20.1 Å². The number of ether oxygens (including phenoxy) is 2. The molecule has 0 atom stereocenters. The third-order valence-corrected chi connectivity index (χ3v) is 5.22. The Morgan fingerprint density at radius 2 is 2.00 bits per heavy atom. The molecule has 9 nitrogen and oxygen atoms in total. The molecular weight excluding hydrogens is 444 g/mol. The van der Waals surface area contributed by atoms with E-state index in [1.807, 2.05) is 24.3 Å². The van der Waals surface area contributed by atoms with Gasteiger partial charge in [-0.25, -0.2) is 9.97 Å². The molecule has 4 aromatic rings. The average molecular weight is 465 g/mol. The molecule has 0 aliphatic carbocycles. The second-order valence-electron chi connectivity index (χ2n) is 6.81. The fraction of sp³-hybridized carbons (Fsp3) is 0.130. The Kier molecular flexibility index (Phi) is 6.96. The molecule has 2 amide bonds. The second-order valence-corrected chi connectivity index (χ2v) is 7.67. The molecule has 2 N–H and O–H groups in total. The zero-order valence-corrected chi connectivity index (χ0v) is 18.4. The summed E-state index contributed by atoms with van der Waals surface area (Å²) in [6.07, 6.45) is 3.15. The van der Waals surface area contributed by atoms with E-state index in [2.05, 4.69) is 20.6 Å². The highest BCUT2D eigenvalue weighted by atomic mass is 32.1. The molecule has 168 valence electrons. The van der Waals surface area contributed by atoms with Crippen molar-refractivity contribution < 1.29 is 23.5 Å². The number of nitrogens with zero attached hydrogens (tertiary/aromatic N) is 2. The van der Waals surface area contributed by atoms with Crippen molar-refractivity contribution in [1.29, 1.82) is 0 Å². The van der Waals surface area contributed by atoms with E-state index in [0.717, 1.165) is 5.56 Å². The molecule has 3 aromatic heterocycles. The first-order valence-corrected chi connectivity index (χ1v) is 10.8. The predicted octanol–water partition coefficient (Wildman–Crippen LogP) is 4.04. The Bertz CT molecular complexity index is 1220. The average Bonchev–Trinajstić information content (AvgIpc) is 3.51. The van der Waals surface area contributed by atoms with Gasteiger partial charge in [-0.2, -0.15) is 0 Å². The van der Waals surface area contributed by atoms with Crippen molar-refractivity contribution in [3.8, 4) is 17.4 Å². The third kappa shape index (κ3) is 6.17. The van der Waals surface area contributed by atoms with Crippen molar-refractivity contribution in [3.05, 3.63) is 83.4 Å². The van der Waals surface area contributed by atoms with Crippen LogP contribution in [0.1, 0.15) is 21.8 Å². The van der Waals surface area contributed by atoms with Gasteiger partial charge in [-0.3, -0.25) is 14.9 Å². The Morgan fingerprint density at radius 1 is 1.12 bits per heavy atom. The number of amides is 2. The zero-order chi connectivity index (χ0) is 23.0. The van der Waals surface area contributed by atoms with Crippen LogP contribution in [-0.4, -0.2) is 28.9 Å². The van der Waals surface area contributed by atoms with Gasteiger partial charge in [-0.05, 0) is 29.8 Å². The Morgan fingerprint density at radius 3 is 2.76 bits per heavy atom. The van der Waals surface area contributed by atoms with Gasteiger partial charge in [-0.1, -0.05) is 12.1 Å². The van der Waals surface area contributed by atoms with Crippen LogP contribution in [0.4, 0.5) is 5.13 Å². The maximum absolute atomic E-state index is 12.3. The molecule has 4 rings (SSSR count). The third-order valence-electron chi connectivity index (χ3n) is 4.41. The maximum atomic E-state index is 12.3. The highest BCUT2D eigenvalue weighted by Gasteiger charge is 2.13. The second kappa shape index (κ2) is 10.4. The van der Waals surface area contributed by atoms with E-state index in [1.54, 1.807) is 43.0 Å². The van der Waals surface area contributed by atoms with Crippen LogP contribution in [-0.2, 0) is 17.8 Å². The van der Waals surface area contributed by atoms with Crippen LogP contribution in [0.5, 0.6) is 17.4 Å². The first kappa shape index (κ1) is 22.0. The smallest absolute Gasteiger partial charge is 0.293 e. The first-order chi connectivity index (χ1) is 16.1. The number of methoxy groups -OCH3 is 1. The molecule has 0 aliphatic heterocycles. The summed E-state index contributed by atoms with van der Waals surface area (Å²) in [5, 5.41) is 7.59. The normalized spacial score (nSPS) is 10.5. The molecule has 0 radical (unpaired) electrons. The molecule has 0 aliphatic rings. The van der Waals surface area contributed by atoms with Gasteiger partial charge >= 0.3 is 0 Å². The van der Waals surface area contributed by atoms with Crippen molar-refractivity contribution in [2.45, 2.75) is 13.0 Å². The number of benzene rings is 1. The zero-order valence-electron chi connectivity index (χ0n) is 17.6. The van der Waals surface area contributed by atoms with Gasteiger partial charge < -0.3 is 19.2 Å². The molecule has 1 aromatic carbocycles. The minimum Gasteiger partial charge on any atom is -0.497 e. The van der Waals surface area contributed by atoms with Gasteiger partial charge in [0.25, 0.3) is 5.91 Å². The number of carbonyl (C=O) groups excluding carboxylic acids is 2. The number of pyridine rings is 1. The molecular formula is C23H20N4O5S. The van der Waals surface area contributed by atoms with Crippen molar-refractivity contribution in [2.75, 3.05) is 12.4 Å². The Hall–Kier alpha value is -4.18. The summed E-state index contributed by atoms with van der Waals surface area (Å²) in [4.78, 5) is 32.8. The maximum Gasteiger partial charge on any atom is 0.293 e. The summed E-state index contributed by atoms with van der Waals surface area (Å²) in [5.74, 6) is 1.35. The van der Waals surface area contributed by atoms with E-state index in [0.29, 0.717) is 34.7 Å². The molecule has 0 spiro atoms. The number of anilines is 1. The highest BCUT2D eigenvalue weighted by molar-refractivity contribution is 7.14. The van der Waals surface area contributed by atoms with Gasteiger partial charge in [-0.15, -0.1) is 11.3 Å². The van der Waals surface area contributed by atoms with Crippen LogP contribution >= 0.6 is 11.3 Å². The summed E-state index contributed by atoms with van der Waals surface area (Å²) in [6, 6.07) is 14.0. The summed E-state index contributed by atoms with van der Waals surface area (Å²) in [7, 11) is 1.59. The molecule has 0 unspecified atom stereocenters. The summed E-state index contributed by atoms with van der Waals surface area (Å²) in [5.41, 5.74) is 1.39. The predicted molar refractivity (Wildman–Crippen MR) is 122 cm³/mol. The largest absolute Gasteiger partial charge is 0.497 e. The minimum absolute atomic E-state index is 0.0948. The van der Waals surface area contributed by atoms with Gasteiger partial charge in [0.05, 0.1) is 25.5 Å². The standard InChI is InChI=1S/C23H20N4O5S/c1-30-17-4-2-5-18(11-17)32-21-8-7-15(13-25-21)12-24-20(28)10-16-14-33-23(26-16)27-22(29)19-6-3-9-31-19/h2-9,11,13-14H,10,12H2,1H3,(H,24,28)(H,26,27,29). The van der Waals surface area contributed by atoms with Crippen molar-refractivity contribution >= 4 is 28.3 Å².